The van der Waals surface area contributed by atoms with Crippen LogP contribution in [0.3, 0.4) is 0 Å². The van der Waals surface area contributed by atoms with Gasteiger partial charge < -0.3 is 18.0 Å². The molecule has 14 nitrogen and oxygen atoms in total. The van der Waals surface area contributed by atoms with Crippen molar-refractivity contribution in [2.75, 3.05) is 0 Å². The highest BCUT2D eigenvalue weighted by Gasteiger charge is 2.27. The Morgan fingerprint density at radius 3 is 1.31 bits per heavy atom. The van der Waals surface area contributed by atoms with Crippen molar-refractivity contribution < 1.29 is 8.83 Å². The highest BCUT2D eigenvalue weighted by molar-refractivity contribution is 6.26. The summed E-state index contributed by atoms with van der Waals surface area (Å²) < 4.78 is 22.2. The number of benzene rings is 12. The molecule has 490 valence electrons. The lowest BCUT2D eigenvalue weighted by Crippen LogP contribution is -2.04. The highest BCUT2D eigenvalue weighted by Crippen LogP contribution is 2.47. The van der Waals surface area contributed by atoms with Gasteiger partial charge in [-0.15, -0.1) is 0 Å². The van der Waals surface area contributed by atoms with Crippen molar-refractivity contribution in [3.05, 3.63) is 315 Å². The van der Waals surface area contributed by atoms with Crippen LogP contribution in [0.5, 0.6) is 0 Å². The quantitative estimate of drug-likeness (QED) is 0.135. The number of furan rings is 2. The fourth-order valence-electron chi connectivity index (χ4n) is 16.6. The van der Waals surface area contributed by atoms with Gasteiger partial charge >= 0.3 is 0 Å². The normalized spacial score (nSPS) is 11.9. The van der Waals surface area contributed by atoms with Crippen LogP contribution in [0, 0.1) is 22.7 Å². The Bertz CT molecular complexity index is 7630. The van der Waals surface area contributed by atoms with Gasteiger partial charge in [0.1, 0.15) is 34.0 Å². The van der Waals surface area contributed by atoms with Crippen LogP contribution in [-0.2, 0) is 0 Å². The van der Waals surface area contributed by atoms with Crippen LogP contribution >= 0.6 is 0 Å². The average molecular weight is 1360 g/mol. The largest absolute Gasteiger partial charge is 0.456 e. The lowest BCUT2D eigenvalue weighted by molar-refractivity contribution is 0.669. The molecule has 0 amide bonds. The molecule has 14 heteroatoms. The Kier molecular flexibility index (Phi) is 12.6. The van der Waals surface area contributed by atoms with Crippen molar-refractivity contribution in [1.82, 2.24) is 48.2 Å². The van der Waals surface area contributed by atoms with Gasteiger partial charge in [0.15, 0.2) is 11.6 Å². The standard InChI is InChI=1S/C92H50N12O2/c93-47-53-15-13-16-54(41-53)71-45-85(97-51-79(71)101-73-23-7-1-17-61(73)65-33-30-56(43-77(65)101)91-95-39-14-40-96-91)102-74-24-8-2-18-62(74)66-34-31-57(44-78(66)102)92-99-49-59(50-100-92)60-32-29-55(42-58(60)48-94)72-46-86(104-76-26-10-4-20-64(76)68-36-38-84-88(90(68)104)70-22-6-12-28-82(70)106-84)98-52-80(72)103-75-25-9-3-19-63(75)67-35-37-83-87(89(67)103)69-21-5-11-27-81(69)105-83/h1-46,49-52H. The second kappa shape index (κ2) is 22.7. The summed E-state index contributed by atoms with van der Waals surface area (Å²) in [5, 5.41) is 34.3. The number of pyridine rings is 2. The number of fused-ring (bicyclic) bond motifs is 20. The highest BCUT2D eigenvalue weighted by atomic mass is 16.3. The molecule has 106 heavy (non-hydrogen) atoms. The van der Waals surface area contributed by atoms with Gasteiger partial charge in [0.25, 0.3) is 0 Å². The van der Waals surface area contributed by atoms with E-state index in [0.29, 0.717) is 45.5 Å². The first-order valence-electron chi connectivity index (χ1n) is 34.9. The fraction of sp³-hybridized carbons (Fsp3) is 0. The zero-order valence-corrected chi connectivity index (χ0v) is 56.1. The van der Waals surface area contributed by atoms with E-state index < -0.39 is 0 Å². The number of rotatable bonds is 9. The van der Waals surface area contributed by atoms with E-state index in [-0.39, 0.29) is 0 Å². The molecule has 10 heterocycles. The molecule has 0 bridgehead atoms. The number of hydrogen-bond acceptors (Lipinski definition) is 10. The van der Waals surface area contributed by atoms with Gasteiger partial charge in [0, 0.05) is 112 Å². The minimum Gasteiger partial charge on any atom is -0.456 e. The molecule has 22 rings (SSSR count). The van der Waals surface area contributed by atoms with E-state index in [9.17, 15) is 10.5 Å². The monoisotopic (exact) mass is 1350 g/mol. The van der Waals surface area contributed by atoms with Crippen LogP contribution in [0.1, 0.15) is 11.1 Å². The van der Waals surface area contributed by atoms with Crippen molar-refractivity contribution in [3.8, 4) is 91.3 Å². The first-order valence-corrected chi connectivity index (χ1v) is 34.9. The van der Waals surface area contributed by atoms with Crippen molar-refractivity contribution in [3.63, 3.8) is 0 Å². The number of nitrogens with zero attached hydrogens (tertiary/aromatic N) is 12. The molecule has 0 saturated carbocycles. The van der Waals surface area contributed by atoms with E-state index in [1.807, 2.05) is 85.2 Å². The predicted molar refractivity (Wildman–Crippen MR) is 422 cm³/mol. The smallest absolute Gasteiger partial charge is 0.159 e. The third-order valence-electron chi connectivity index (χ3n) is 21.2. The van der Waals surface area contributed by atoms with Gasteiger partial charge in [-0.3, -0.25) is 9.13 Å². The zero-order chi connectivity index (χ0) is 69.8. The summed E-state index contributed by atoms with van der Waals surface area (Å²) in [7, 11) is 0. The summed E-state index contributed by atoms with van der Waals surface area (Å²) in [6.07, 6.45) is 11.1. The van der Waals surface area contributed by atoms with Crippen molar-refractivity contribution in [2.24, 2.45) is 0 Å². The summed E-state index contributed by atoms with van der Waals surface area (Å²) >= 11 is 0. The maximum Gasteiger partial charge on any atom is 0.159 e. The van der Waals surface area contributed by atoms with Gasteiger partial charge in [-0.25, -0.2) is 29.9 Å². The molecular formula is C92H50N12O2. The molecule has 0 aliphatic carbocycles. The number of aromatic nitrogens is 10. The zero-order valence-electron chi connectivity index (χ0n) is 56.1. The van der Waals surface area contributed by atoms with Crippen LogP contribution in [-0.4, -0.2) is 48.2 Å². The summed E-state index contributed by atoms with van der Waals surface area (Å²) in [6, 6.07) is 96.2. The maximum atomic E-state index is 11.4. The number of para-hydroxylation sites is 6. The second-order valence-electron chi connectivity index (χ2n) is 26.8. The third-order valence-corrected chi connectivity index (χ3v) is 21.2. The molecule has 0 radical (unpaired) electrons. The lowest BCUT2D eigenvalue weighted by Gasteiger charge is -2.17. The Balaban J connectivity index is 0.690. The Hall–Kier alpha value is -15.1. The molecule has 0 unspecified atom stereocenters. The van der Waals surface area contributed by atoms with Gasteiger partial charge in [0.05, 0.1) is 102 Å². The molecule has 0 N–H and O–H groups in total. The summed E-state index contributed by atoms with van der Waals surface area (Å²) in [6.45, 7) is 0. The summed E-state index contributed by atoms with van der Waals surface area (Å²) in [4.78, 5) is 30.3. The number of nitriles is 2. The van der Waals surface area contributed by atoms with Gasteiger partial charge in [-0.2, -0.15) is 10.5 Å². The SMILES string of the molecule is N#Cc1cccc(-c2cc(-n3c4ccccc4c4ccc(-c5ncc(-c6ccc(-c7cc(-n8c9ccccc9c9ccc%10oc%11ccccc%11c%10c98)ncc7-n7c8ccccc8c8ccc9oc%10ccccc%10c9c87)cc6C#N)cn5)cc43)ncc2-n2c3ccccc3c3ccc(-c4ncccn4)cc32)c1. The Morgan fingerprint density at radius 1 is 0.274 bits per heavy atom. The van der Waals surface area contributed by atoms with E-state index in [4.69, 9.17) is 28.8 Å². The lowest BCUT2D eigenvalue weighted by atomic mass is 9.96. The van der Waals surface area contributed by atoms with E-state index in [1.165, 1.54) is 0 Å². The fourth-order valence-corrected chi connectivity index (χ4v) is 16.6. The first kappa shape index (κ1) is 58.7. The van der Waals surface area contributed by atoms with E-state index in [2.05, 4.69) is 234 Å². The molecule has 10 aromatic heterocycles. The van der Waals surface area contributed by atoms with Crippen molar-refractivity contribution in [1.29, 1.82) is 10.5 Å². The van der Waals surface area contributed by atoms with Crippen LogP contribution in [0.2, 0.25) is 0 Å². The predicted octanol–water partition coefficient (Wildman–Crippen LogP) is 22.3. The van der Waals surface area contributed by atoms with Gasteiger partial charge in [-0.05, 0) is 120 Å². The molecule has 0 atom stereocenters. The van der Waals surface area contributed by atoms with Crippen LogP contribution < -0.4 is 0 Å². The molecule has 22 aromatic rings. The van der Waals surface area contributed by atoms with Crippen molar-refractivity contribution in [2.45, 2.75) is 0 Å². The van der Waals surface area contributed by atoms with Gasteiger partial charge in [-0.1, -0.05) is 158 Å². The maximum absolute atomic E-state index is 11.4. The Labute approximate surface area is 601 Å². The molecule has 0 aliphatic heterocycles. The third kappa shape index (κ3) is 8.64. The molecule has 0 fully saturated rings. The van der Waals surface area contributed by atoms with Crippen LogP contribution in [0.15, 0.2) is 313 Å². The van der Waals surface area contributed by atoms with E-state index >= 15 is 0 Å². The van der Waals surface area contributed by atoms with Gasteiger partial charge in [0.2, 0.25) is 0 Å². The van der Waals surface area contributed by atoms with E-state index in [1.54, 1.807) is 24.8 Å². The summed E-state index contributed by atoms with van der Waals surface area (Å²) in [5.41, 5.74) is 20.0. The summed E-state index contributed by atoms with van der Waals surface area (Å²) in [5.74, 6) is 2.50. The molecule has 12 aromatic carbocycles. The molecule has 0 saturated heterocycles. The van der Waals surface area contributed by atoms with E-state index in [0.717, 1.165) is 176 Å². The second-order valence-corrected chi connectivity index (χ2v) is 26.8. The molecule has 0 spiro atoms. The minimum atomic E-state index is 0.444. The minimum absolute atomic E-state index is 0.444. The van der Waals surface area contributed by atoms with Crippen LogP contribution in [0.4, 0.5) is 0 Å². The first-order chi connectivity index (χ1) is 52.5. The number of hydrogen-bond donors (Lipinski definition) is 0. The molecule has 0 aliphatic rings. The van der Waals surface area contributed by atoms with Crippen LogP contribution in [0.25, 0.3) is 210 Å². The Morgan fingerprint density at radius 2 is 0.726 bits per heavy atom. The van der Waals surface area contributed by atoms with Crippen molar-refractivity contribution >= 4 is 131 Å². The topological polar surface area (TPSA) is 171 Å². The average Bonchev–Trinajstić information content (AvgIpc) is 1.55. The molecular weight excluding hydrogens is 1310 g/mol.